The van der Waals surface area contributed by atoms with E-state index >= 15 is 0 Å². The van der Waals surface area contributed by atoms with E-state index in [-0.39, 0.29) is 35.4 Å². The van der Waals surface area contributed by atoms with Crippen LogP contribution >= 0.6 is 24.0 Å². The first-order valence-electron chi connectivity index (χ1n) is 8.34. The summed E-state index contributed by atoms with van der Waals surface area (Å²) >= 11 is 0. The summed E-state index contributed by atoms with van der Waals surface area (Å²) in [5, 5.41) is 6.43. The second-order valence-corrected chi connectivity index (χ2v) is 7.21. The number of guanidine groups is 1. The summed E-state index contributed by atoms with van der Waals surface area (Å²) in [6.45, 7) is 15.3. The fraction of sp³-hybridized carbons (Fsp3) is 0.875. The normalized spacial score (nSPS) is 17.1. The van der Waals surface area contributed by atoms with E-state index < -0.39 is 5.41 Å². The highest BCUT2D eigenvalue weighted by Crippen LogP contribution is 2.16. The molecule has 1 amide bonds. The minimum absolute atomic E-state index is 0. The van der Waals surface area contributed by atoms with Crippen molar-refractivity contribution in [3.8, 4) is 0 Å². The molecule has 1 heterocycles. The number of nitrogens with one attached hydrogen (secondary N) is 2. The molecule has 0 radical (unpaired) electrons. The monoisotopic (exact) mass is 455 g/mol. The summed E-state index contributed by atoms with van der Waals surface area (Å²) in [5.74, 6) is 0.387. The van der Waals surface area contributed by atoms with Crippen molar-refractivity contribution in [2.45, 2.75) is 40.2 Å². The van der Waals surface area contributed by atoms with Crippen LogP contribution in [0.4, 0.5) is 0 Å². The number of halogens is 1. The number of nitrogens with two attached hydrogens (primary N) is 1. The molecular formula is C16H34IN5O2. The van der Waals surface area contributed by atoms with Crippen LogP contribution in [0.3, 0.4) is 0 Å². The molecule has 0 atom stereocenters. The van der Waals surface area contributed by atoms with Crippen molar-refractivity contribution in [2.75, 3.05) is 45.9 Å². The quantitative estimate of drug-likeness (QED) is 0.300. The molecule has 1 aliphatic rings. The molecule has 24 heavy (non-hydrogen) atoms. The topological polar surface area (TPSA) is 92.0 Å². The lowest BCUT2D eigenvalue weighted by atomic mass is 9.93. The maximum atomic E-state index is 11.4. The molecule has 0 aliphatic carbocycles. The molecule has 1 saturated heterocycles. The van der Waals surface area contributed by atoms with Gasteiger partial charge >= 0.3 is 0 Å². The molecule has 1 rings (SSSR count). The molecule has 0 saturated carbocycles. The van der Waals surface area contributed by atoms with Gasteiger partial charge < -0.3 is 21.1 Å². The fourth-order valence-corrected chi connectivity index (χ4v) is 2.27. The Morgan fingerprint density at radius 3 is 2.29 bits per heavy atom. The summed E-state index contributed by atoms with van der Waals surface area (Å²) in [5.41, 5.74) is 4.76. The number of carbonyl (C=O) groups is 1. The van der Waals surface area contributed by atoms with Crippen LogP contribution in [-0.4, -0.2) is 68.2 Å². The maximum absolute atomic E-state index is 11.4. The molecule has 0 aromatic rings. The number of primary amides is 1. The Bertz CT molecular complexity index is 421. The summed E-state index contributed by atoms with van der Waals surface area (Å²) in [7, 11) is 0. The van der Waals surface area contributed by atoms with Crippen molar-refractivity contribution in [2.24, 2.45) is 16.1 Å². The highest BCUT2D eigenvalue weighted by Gasteiger charge is 2.28. The van der Waals surface area contributed by atoms with E-state index in [1.807, 2.05) is 20.8 Å². The predicted octanol–water partition coefficient (Wildman–Crippen LogP) is 0.782. The van der Waals surface area contributed by atoms with Gasteiger partial charge in [-0.1, -0.05) is 0 Å². The van der Waals surface area contributed by atoms with E-state index in [1.165, 1.54) is 0 Å². The molecule has 8 heteroatoms. The van der Waals surface area contributed by atoms with E-state index in [0.29, 0.717) is 19.0 Å². The van der Waals surface area contributed by atoms with Crippen molar-refractivity contribution in [3.63, 3.8) is 0 Å². The number of morpholine rings is 1. The molecule has 4 N–H and O–H groups in total. The third kappa shape index (κ3) is 7.52. The van der Waals surface area contributed by atoms with Crippen molar-refractivity contribution in [3.05, 3.63) is 0 Å². The number of rotatable bonds is 7. The lowest BCUT2D eigenvalue weighted by molar-refractivity contribution is -0.125. The minimum atomic E-state index is -0.615. The zero-order valence-corrected chi connectivity index (χ0v) is 18.0. The highest BCUT2D eigenvalue weighted by atomic mass is 127. The average Bonchev–Trinajstić information content (AvgIpc) is 2.51. The first-order valence-corrected chi connectivity index (χ1v) is 8.34. The van der Waals surface area contributed by atoms with Crippen molar-refractivity contribution in [1.82, 2.24) is 15.5 Å². The Labute approximate surface area is 163 Å². The van der Waals surface area contributed by atoms with Gasteiger partial charge in [0.05, 0.1) is 25.2 Å². The number of hydrogen-bond acceptors (Lipinski definition) is 4. The maximum Gasteiger partial charge on any atom is 0.224 e. The molecular weight excluding hydrogens is 421 g/mol. The smallest absolute Gasteiger partial charge is 0.224 e. The summed E-state index contributed by atoms with van der Waals surface area (Å²) in [6.07, 6.45) is 0. The van der Waals surface area contributed by atoms with Crippen LogP contribution in [0.25, 0.3) is 0 Å². The van der Waals surface area contributed by atoms with Gasteiger partial charge in [0, 0.05) is 31.7 Å². The van der Waals surface area contributed by atoms with E-state index in [2.05, 4.69) is 34.4 Å². The van der Waals surface area contributed by atoms with Gasteiger partial charge in [-0.15, -0.1) is 24.0 Å². The van der Waals surface area contributed by atoms with E-state index in [4.69, 9.17) is 10.5 Å². The predicted molar refractivity (Wildman–Crippen MR) is 109 cm³/mol. The second kappa shape index (κ2) is 10.4. The molecule has 1 aliphatic heterocycles. The lowest BCUT2D eigenvalue weighted by Crippen LogP contribution is -2.52. The van der Waals surface area contributed by atoms with Gasteiger partial charge in [0.15, 0.2) is 5.96 Å². The number of ether oxygens (including phenoxy) is 1. The largest absolute Gasteiger partial charge is 0.379 e. The van der Waals surface area contributed by atoms with Crippen LogP contribution < -0.4 is 16.4 Å². The Hall–Kier alpha value is -0.610. The number of aliphatic imine (C=N–C) groups is 1. The van der Waals surface area contributed by atoms with Crippen molar-refractivity contribution < 1.29 is 9.53 Å². The summed E-state index contributed by atoms with van der Waals surface area (Å²) in [6, 6.07) is 0. The SMILES string of the molecule is CCNC(=NCC(C)(C)N1CCOCC1)NCC(C)(C)C(N)=O.I. The Kier molecular flexibility index (Phi) is 10.1. The lowest BCUT2D eigenvalue weighted by Gasteiger charge is -2.40. The zero-order valence-electron chi connectivity index (χ0n) is 15.6. The first-order chi connectivity index (χ1) is 10.7. The van der Waals surface area contributed by atoms with Crippen LogP contribution in [0.2, 0.25) is 0 Å². The summed E-state index contributed by atoms with van der Waals surface area (Å²) in [4.78, 5) is 18.5. The van der Waals surface area contributed by atoms with Gasteiger partial charge in [0.2, 0.25) is 5.91 Å². The standard InChI is InChI=1S/C16H33N5O2.HI/c1-6-18-14(19-11-15(2,3)13(17)22)20-12-16(4,5)21-7-9-23-10-8-21;/h6-12H2,1-5H3,(H2,17,22)(H2,18,19,20);1H. The molecule has 142 valence electrons. The number of nitrogens with zero attached hydrogens (tertiary/aromatic N) is 2. The van der Waals surface area contributed by atoms with Crippen LogP contribution in [0, 0.1) is 5.41 Å². The van der Waals surface area contributed by atoms with Crippen LogP contribution in [0.1, 0.15) is 34.6 Å². The number of amides is 1. The molecule has 0 spiro atoms. The Morgan fingerprint density at radius 1 is 1.21 bits per heavy atom. The van der Waals surface area contributed by atoms with Gasteiger partial charge in [0.25, 0.3) is 0 Å². The van der Waals surface area contributed by atoms with Crippen molar-refractivity contribution >= 4 is 35.8 Å². The first kappa shape index (κ1) is 23.4. The molecule has 0 aromatic heterocycles. The average molecular weight is 455 g/mol. The van der Waals surface area contributed by atoms with Crippen LogP contribution in [0.15, 0.2) is 4.99 Å². The van der Waals surface area contributed by atoms with E-state index in [1.54, 1.807) is 0 Å². The molecule has 1 fully saturated rings. The van der Waals surface area contributed by atoms with Gasteiger partial charge in [-0.25, -0.2) is 0 Å². The minimum Gasteiger partial charge on any atom is -0.379 e. The van der Waals surface area contributed by atoms with Gasteiger partial charge in [0.1, 0.15) is 0 Å². The fourth-order valence-electron chi connectivity index (χ4n) is 2.27. The van der Waals surface area contributed by atoms with Crippen LogP contribution in [0.5, 0.6) is 0 Å². The molecule has 0 unspecified atom stereocenters. The van der Waals surface area contributed by atoms with E-state index in [0.717, 1.165) is 32.8 Å². The van der Waals surface area contributed by atoms with Gasteiger partial charge in [-0.3, -0.25) is 14.7 Å². The van der Waals surface area contributed by atoms with Gasteiger partial charge in [-0.2, -0.15) is 0 Å². The number of hydrogen-bond donors (Lipinski definition) is 3. The third-order valence-electron chi connectivity index (χ3n) is 4.20. The molecule has 0 bridgehead atoms. The number of carbonyl (C=O) groups excluding carboxylic acids is 1. The summed E-state index contributed by atoms with van der Waals surface area (Å²) < 4.78 is 5.41. The van der Waals surface area contributed by atoms with Gasteiger partial charge in [-0.05, 0) is 34.6 Å². The van der Waals surface area contributed by atoms with Crippen LogP contribution in [-0.2, 0) is 9.53 Å². The van der Waals surface area contributed by atoms with E-state index in [9.17, 15) is 4.79 Å². The Morgan fingerprint density at radius 2 is 1.79 bits per heavy atom. The highest BCUT2D eigenvalue weighted by molar-refractivity contribution is 14.0. The third-order valence-corrected chi connectivity index (χ3v) is 4.20. The van der Waals surface area contributed by atoms with Crippen molar-refractivity contribution in [1.29, 1.82) is 0 Å². The Balaban J connectivity index is 0.00000529. The zero-order chi connectivity index (χ0) is 17.5. The second-order valence-electron chi connectivity index (χ2n) is 7.21. The molecule has 7 nitrogen and oxygen atoms in total. The molecule has 0 aromatic carbocycles.